The van der Waals surface area contributed by atoms with Gasteiger partial charge in [-0.3, -0.25) is 4.79 Å². The van der Waals surface area contributed by atoms with E-state index in [2.05, 4.69) is 0 Å². The first-order valence-electron chi connectivity index (χ1n) is 6.83. The van der Waals surface area contributed by atoms with Gasteiger partial charge >= 0.3 is 0 Å². The van der Waals surface area contributed by atoms with Gasteiger partial charge in [0.05, 0.1) is 7.11 Å². The minimum absolute atomic E-state index is 0.0860. The summed E-state index contributed by atoms with van der Waals surface area (Å²) in [4.78, 5) is 13.6. The Kier molecular flexibility index (Phi) is 5.78. The van der Waals surface area contributed by atoms with E-state index in [0.29, 0.717) is 13.1 Å². The highest BCUT2D eigenvalue weighted by Crippen LogP contribution is 2.15. The number of benzene rings is 2. The Morgan fingerprint density at radius 1 is 1.05 bits per heavy atom. The van der Waals surface area contributed by atoms with Crippen LogP contribution in [0.3, 0.4) is 0 Å². The summed E-state index contributed by atoms with van der Waals surface area (Å²) in [5, 5.41) is 0. The molecule has 0 aliphatic carbocycles. The van der Waals surface area contributed by atoms with E-state index in [1.165, 1.54) is 12.1 Å². The Morgan fingerprint density at radius 3 is 2.00 bits per heavy atom. The maximum absolute atomic E-state index is 13.0. The first-order valence-corrected chi connectivity index (χ1v) is 7.37. The van der Waals surface area contributed by atoms with Gasteiger partial charge in [0.25, 0.3) is 0 Å². The van der Waals surface area contributed by atoms with Crippen molar-refractivity contribution in [2.75, 3.05) is 13.0 Å². The summed E-state index contributed by atoms with van der Waals surface area (Å²) in [7, 11) is 1.60. The topological polar surface area (TPSA) is 29.5 Å². The zero-order valence-corrected chi connectivity index (χ0v) is 13.0. The number of hydrogen-bond donors (Lipinski definition) is 0. The summed E-state index contributed by atoms with van der Waals surface area (Å²) >= 11 is 5.68. The Balaban J connectivity index is 2.11. The number of nitrogens with zero attached hydrogens (tertiary/aromatic N) is 1. The summed E-state index contributed by atoms with van der Waals surface area (Å²) in [5.74, 6) is 0.214. The van der Waals surface area contributed by atoms with Gasteiger partial charge in [-0.05, 0) is 35.4 Å². The molecule has 22 heavy (non-hydrogen) atoms. The van der Waals surface area contributed by atoms with E-state index in [9.17, 15) is 9.18 Å². The Labute approximate surface area is 134 Å². The third kappa shape index (κ3) is 4.46. The molecule has 0 heterocycles. The van der Waals surface area contributed by atoms with Gasteiger partial charge in [0, 0.05) is 13.1 Å². The molecule has 0 saturated heterocycles. The number of ether oxygens (including phenoxy) is 1. The second-order valence-electron chi connectivity index (χ2n) is 4.86. The summed E-state index contributed by atoms with van der Waals surface area (Å²) in [6.45, 7) is 0.824. The van der Waals surface area contributed by atoms with Crippen molar-refractivity contribution >= 4 is 17.5 Å². The predicted octanol–water partition coefficient (Wildman–Crippen LogP) is 3.60. The zero-order valence-electron chi connectivity index (χ0n) is 12.3. The van der Waals surface area contributed by atoms with E-state index < -0.39 is 0 Å². The molecule has 0 saturated carbocycles. The maximum Gasteiger partial charge on any atom is 0.238 e. The van der Waals surface area contributed by atoms with Crippen molar-refractivity contribution in [3.05, 3.63) is 65.5 Å². The normalized spacial score (nSPS) is 10.3. The van der Waals surface area contributed by atoms with E-state index in [4.69, 9.17) is 16.3 Å². The van der Waals surface area contributed by atoms with Gasteiger partial charge in [-0.15, -0.1) is 11.6 Å². The molecule has 0 aliphatic heterocycles. The van der Waals surface area contributed by atoms with Gasteiger partial charge in [-0.2, -0.15) is 0 Å². The van der Waals surface area contributed by atoms with Gasteiger partial charge < -0.3 is 9.64 Å². The van der Waals surface area contributed by atoms with Crippen molar-refractivity contribution in [3.8, 4) is 5.75 Å². The molecule has 1 amide bonds. The highest BCUT2D eigenvalue weighted by atomic mass is 35.5. The van der Waals surface area contributed by atoms with Gasteiger partial charge in [0.15, 0.2) is 0 Å². The van der Waals surface area contributed by atoms with Crippen molar-refractivity contribution in [1.29, 1.82) is 0 Å². The van der Waals surface area contributed by atoms with Crippen LogP contribution in [0, 0.1) is 5.82 Å². The molecule has 2 rings (SSSR count). The lowest BCUT2D eigenvalue weighted by molar-refractivity contribution is -0.129. The summed E-state index contributed by atoms with van der Waals surface area (Å²) in [5.41, 5.74) is 1.83. The third-order valence-corrected chi connectivity index (χ3v) is 3.51. The molecular formula is C17H17ClFNO2. The Bertz CT molecular complexity index is 614. The number of halogens is 2. The second kappa shape index (κ2) is 7.80. The van der Waals surface area contributed by atoms with Crippen LogP contribution in [0.5, 0.6) is 5.75 Å². The van der Waals surface area contributed by atoms with Gasteiger partial charge in [0.1, 0.15) is 17.4 Å². The van der Waals surface area contributed by atoms with Crippen LogP contribution in [0.15, 0.2) is 48.5 Å². The summed E-state index contributed by atoms with van der Waals surface area (Å²) in [6, 6.07) is 13.6. The first kappa shape index (κ1) is 16.3. The molecule has 2 aromatic carbocycles. The molecule has 3 nitrogen and oxygen atoms in total. The zero-order chi connectivity index (χ0) is 15.9. The summed E-state index contributed by atoms with van der Waals surface area (Å²) < 4.78 is 18.1. The van der Waals surface area contributed by atoms with Crippen LogP contribution in [0.2, 0.25) is 0 Å². The van der Waals surface area contributed by atoms with Crippen molar-refractivity contribution < 1.29 is 13.9 Å². The molecule has 0 aliphatic rings. The van der Waals surface area contributed by atoms with Crippen molar-refractivity contribution in [1.82, 2.24) is 4.90 Å². The predicted molar refractivity (Wildman–Crippen MR) is 84.4 cm³/mol. The van der Waals surface area contributed by atoms with E-state index in [-0.39, 0.29) is 17.6 Å². The van der Waals surface area contributed by atoms with Crippen LogP contribution in [0.1, 0.15) is 11.1 Å². The fourth-order valence-electron chi connectivity index (χ4n) is 2.08. The van der Waals surface area contributed by atoms with Crippen molar-refractivity contribution in [2.24, 2.45) is 0 Å². The molecule has 0 bridgehead atoms. The number of amides is 1. The minimum atomic E-state index is -0.297. The molecule has 0 unspecified atom stereocenters. The van der Waals surface area contributed by atoms with Crippen LogP contribution in [-0.4, -0.2) is 23.8 Å². The van der Waals surface area contributed by atoms with Gasteiger partial charge in [-0.1, -0.05) is 24.3 Å². The molecular weight excluding hydrogens is 305 g/mol. The number of alkyl halides is 1. The fraction of sp³-hybridized carbons (Fsp3) is 0.235. The van der Waals surface area contributed by atoms with E-state index >= 15 is 0 Å². The van der Waals surface area contributed by atoms with Crippen LogP contribution in [0.4, 0.5) is 4.39 Å². The molecule has 116 valence electrons. The highest BCUT2D eigenvalue weighted by molar-refractivity contribution is 6.27. The van der Waals surface area contributed by atoms with Crippen LogP contribution in [0.25, 0.3) is 0 Å². The van der Waals surface area contributed by atoms with Crippen LogP contribution >= 0.6 is 11.6 Å². The minimum Gasteiger partial charge on any atom is -0.497 e. The lowest BCUT2D eigenvalue weighted by Gasteiger charge is -2.22. The Morgan fingerprint density at radius 2 is 1.55 bits per heavy atom. The van der Waals surface area contributed by atoms with E-state index in [0.717, 1.165) is 16.9 Å². The average Bonchev–Trinajstić information content (AvgIpc) is 2.56. The number of carbonyl (C=O) groups excluding carboxylic acids is 1. The Hall–Kier alpha value is -2.07. The highest BCUT2D eigenvalue weighted by Gasteiger charge is 2.13. The quantitative estimate of drug-likeness (QED) is 0.761. The van der Waals surface area contributed by atoms with E-state index in [1.807, 2.05) is 24.3 Å². The molecule has 0 fully saturated rings. The molecule has 0 atom stereocenters. The van der Waals surface area contributed by atoms with Crippen molar-refractivity contribution in [3.63, 3.8) is 0 Å². The number of rotatable bonds is 6. The van der Waals surface area contributed by atoms with Crippen molar-refractivity contribution in [2.45, 2.75) is 13.1 Å². The number of carbonyl (C=O) groups is 1. The molecule has 5 heteroatoms. The first-order chi connectivity index (χ1) is 10.6. The monoisotopic (exact) mass is 321 g/mol. The van der Waals surface area contributed by atoms with Crippen LogP contribution < -0.4 is 4.74 Å². The molecule has 0 aromatic heterocycles. The lowest BCUT2D eigenvalue weighted by atomic mass is 10.1. The fourth-order valence-corrected chi connectivity index (χ4v) is 2.25. The SMILES string of the molecule is COc1ccc(CN(Cc2ccc(F)cc2)C(=O)CCl)cc1. The molecule has 2 aromatic rings. The van der Waals surface area contributed by atoms with Gasteiger partial charge in [-0.25, -0.2) is 4.39 Å². The standard InChI is InChI=1S/C17H17ClFNO2/c1-22-16-8-4-14(5-9-16)12-20(17(21)10-18)11-13-2-6-15(19)7-3-13/h2-9H,10-12H2,1H3. The molecule has 0 spiro atoms. The average molecular weight is 322 g/mol. The third-order valence-electron chi connectivity index (χ3n) is 3.29. The van der Waals surface area contributed by atoms with Gasteiger partial charge in [0.2, 0.25) is 5.91 Å². The summed E-state index contributed by atoms with van der Waals surface area (Å²) in [6.07, 6.45) is 0. The number of hydrogen-bond acceptors (Lipinski definition) is 2. The second-order valence-corrected chi connectivity index (χ2v) is 5.13. The number of methoxy groups -OCH3 is 1. The molecule has 0 radical (unpaired) electrons. The van der Waals surface area contributed by atoms with Crippen LogP contribution in [-0.2, 0) is 17.9 Å². The smallest absolute Gasteiger partial charge is 0.238 e. The maximum atomic E-state index is 13.0. The van der Waals surface area contributed by atoms with E-state index in [1.54, 1.807) is 24.1 Å². The largest absolute Gasteiger partial charge is 0.497 e. The lowest BCUT2D eigenvalue weighted by Crippen LogP contribution is -2.31. The molecule has 0 N–H and O–H groups in total.